The average molecular weight is 557 g/mol. The smallest absolute Gasteiger partial charge is 0.315 e. The van der Waals surface area contributed by atoms with Crippen molar-refractivity contribution in [3.63, 3.8) is 0 Å². The monoisotopic (exact) mass is 556 g/mol. The van der Waals surface area contributed by atoms with E-state index >= 15 is 0 Å². The number of hydrogen-bond acceptors (Lipinski definition) is 11. The van der Waals surface area contributed by atoms with Gasteiger partial charge in [-0.25, -0.2) is 4.98 Å². The van der Waals surface area contributed by atoms with E-state index in [1.807, 2.05) is 6.07 Å². The molecule has 12 nitrogen and oxygen atoms in total. The molecule has 4 atom stereocenters. The zero-order valence-corrected chi connectivity index (χ0v) is 22.9. The van der Waals surface area contributed by atoms with Crippen LogP contribution in [-0.2, 0) is 39.8 Å². The van der Waals surface area contributed by atoms with Gasteiger partial charge in [0.1, 0.15) is 18.4 Å². The van der Waals surface area contributed by atoms with Crippen molar-refractivity contribution in [3.8, 4) is 11.5 Å². The fourth-order valence-corrected chi connectivity index (χ4v) is 4.01. The minimum Gasteiger partial charge on any atom is -0.493 e. The van der Waals surface area contributed by atoms with Crippen LogP contribution in [0, 0.1) is 11.8 Å². The predicted molar refractivity (Wildman–Crippen MR) is 138 cm³/mol. The fraction of sp³-hybridized carbons (Fsp3) is 0.429. The minimum absolute atomic E-state index is 0.0628. The van der Waals surface area contributed by atoms with E-state index in [9.17, 15) is 24.0 Å². The van der Waals surface area contributed by atoms with Crippen molar-refractivity contribution in [2.24, 2.45) is 11.8 Å². The molecule has 3 rings (SSSR count). The highest BCUT2D eigenvalue weighted by Gasteiger charge is 2.42. The molecule has 0 aliphatic carbocycles. The van der Waals surface area contributed by atoms with Crippen LogP contribution in [0.15, 0.2) is 42.6 Å². The number of nitrogens with one attached hydrogen (secondary N) is 1. The summed E-state index contributed by atoms with van der Waals surface area (Å²) in [6.45, 7) is 5.94. The molecule has 2 heterocycles. The number of carbonyl (C=O) groups excluding carboxylic acids is 5. The van der Waals surface area contributed by atoms with Crippen LogP contribution in [0.2, 0.25) is 0 Å². The first-order valence-electron chi connectivity index (χ1n) is 12.7. The molecule has 2 aromatic rings. The lowest BCUT2D eigenvalue weighted by molar-refractivity contribution is -0.176. The molecule has 1 amide bonds. The van der Waals surface area contributed by atoms with Gasteiger partial charge in [-0.3, -0.25) is 24.0 Å². The van der Waals surface area contributed by atoms with E-state index in [2.05, 4.69) is 10.3 Å². The highest BCUT2D eigenvalue weighted by Crippen LogP contribution is 2.30. The van der Waals surface area contributed by atoms with Crippen LogP contribution in [0.3, 0.4) is 0 Å². The number of aromatic nitrogens is 1. The van der Waals surface area contributed by atoms with Gasteiger partial charge >= 0.3 is 23.9 Å². The topological polar surface area (TPSA) is 156 Å². The van der Waals surface area contributed by atoms with E-state index in [0.717, 1.165) is 12.5 Å². The number of ether oxygens (including phenoxy) is 5. The molecule has 4 unspecified atom stereocenters. The lowest BCUT2D eigenvalue weighted by Crippen LogP contribution is -2.45. The maximum absolute atomic E-state index is 13.5. The number of esters is 4. The highest BCUT2D eigenvalue weighted by molar-refractivity contribution is 5.97. The Kier molecular flexibility index (Phi) is 10.2. The summed E-state index contributed by atoms with van der Waals surface area (Å²) in [5.41, 5.74) is 0.414. The van der Waals surface area contributed by atoms with E-state index in [1.165, 1.54) is 26.3 Å². The Bertz CT molecular complexity index is 1250. The van der Waals surface area contributed by atoms with Gasteiger partial charge in [-0.15, -0.1) is 0 Å². The first-order valence-corrected chi connectivity index (χ1v) is 12.7. The quantitative estimate of drug-likeness (QED) is 0.376. The number of rotatable bonds is 8. The summed E-state index contributed by atoms with van der Waals surface area (Å²) in [7, 11) is 1.32. The Morgan fingerprint density at radius 2 is 1.80 bits per heavy atom. The fourth-order valence-electron chi connectivity index (χ4n) is 4.01. The summed E-state index contributed by atoms with van der Waals surface area (Å²) in [5, 5.41) is 2.43. The lowest BCUT2D eigenvalue weighted by atomic mass is 9.91. The van der Waals surface area contributed by atoms with Crippen LogP contribution in [0.4, 0.5) is 0 Å². The Morgan fingerprint density at radius 1 is 1.10 bits per heavy atom. The third-order valence-corrected chi connectivity index (χ3v) is 5.95. The molecular weight excluding hydrogens is 524 g/mol. The molecule has 40 heavy (non-hydrogen) atoms. The van der Waals surface area contributed by atoms with Gasteiger partial charge in [0, 0.05) is 19.2 Å². The van der Waals surface area contributed by atoms with Gasteiger partial charge in [-0.05, 0) is 18.9 Å². The Morgan fingerprint density at radius 3 is 2.42 bits per heavy atom. The predicted octanol–water partition coefficient (Wildman–Crippen LogP) is 2.38. The molecule has 1 N–H and O–H groups in total. The maximum atomic E-state index is 13.5. The second-order valence-electron chi connectivity index (χ2n) is 9.44. The Hall–Kier alpha value is -4.48. The zero-order chi connectivity index (χ0) is 29.4. The third kappa shape index (κ3) is 7.78. The van der Waals surface area contributed by atoms with E-state index in [1.54, 1.807) is 38.1 Å². The van der Waals surface area contributed by atoms with Crippen molar-refractivity contribution in [3.05, 3.63) is 53.9 Å². The first-order chi connectivity index (χ1) is 19.0. The number of hydrogen-bond donors (Lipinski definition) is 1. The summed E-state index contributed by atoms with van der Waals surface area (Å²) in [4.78, 5) is 67.6. The molecule has 1 aliphatic heterocycles. The summed E-state index contributed by atoms with van der Waals surface area (Å²) < 4.78 is 27.0. The average Bonchev–Trinajstić information content (AvgIpc) is 2.93. The van der Waals surface area contributed by atoms with Gasteiger partial charge in [0.05, 0.1) is 13.0 Å². The second kappa shape index (κ2) is 13.5. The van der Waals surface area contributed by atoms with Gasteiger partial charge < -0.3 is 29.0 Å². The molecule has 12 heteroatoms. The van der Waals surface area contributed by atoms with Crippen molar-refractivity contribution >= 4 is 29.8 Å². The van der Waals surface area contributed by atoms with Gasteiger partial charge in [0.25, 0.3) is 5.91 Å². The van der Waals surface area contributed by atoms with Crippen LogP contribution in [0.1, 0.15) is 50.2 Å². The SMILES string of the molecule is COc1ccnc(C(=O)NC2CC(=O)OC(C)C(OC(=O)C(C)C)C(Cc3ccccc3)C(=O)O2)c1OC(C)=O. The number of methoxy groups -OCH3 is 1. The van der Waals surface area contributed by atoms with Crippen LogP contribution in [0.5, 0.6) is 11.5 Å². The number of nitrogens with zero attached hydrogens (tertiary/aromatic N) is 1. The van der Waals surface area contributed by atoms with Crippen LogP contribution in [0.25, 0.3) is 0 Å². The summed E-state index contributed by atoms with van der Waals surface area (Å²) in [6.07, 6.45) is -2.81. The summed E-state index contributed by atoms with van der Waals surface area (Å²) >= 11 is 0. The molecule has 1 fully saturated rings. The normalized spacial score (nSPS) is 21.1. The number of cyclic esters (lactones) is 2. The molecule has 0 radical (unpaired) electrons. The van der Waals surface area contributed by atoms with Gasteiger partial charge in [0.15, 0.2) is 23.8 Å². The molecule has 0 bridgehead atoms. The molecule has 1 aromatic heterocycles. The number of carbonyl (C=O) groups is 5. The molecule has 0 spiro atoms. The second-order valence-corrected chi connectivity index (χ2v) is 9.44. The minimum atomic E-state index is -1.48. The molecule has 1 saturated heterocycles. The Labute approximate surface area is 231 Å². The maximum Gasteiger partial charge on any atom is 0.315 e. The van der Waals surface area contributed by atoms with Gasteiger partial charge in [0.2, 0.25) is 5.75 Å². The van der Waals surface area contributed by atoms with E-state index in [4.69, 9.17) is 23.7 Å². The number of amides is 1. The molecular formula is C28H32N2O10. The van der Waals surface area contributed by atoms with Gasteiger partial charge in [-0.2, -0.15) is 0 Å². The van der Waals surface area contributed by atoms with Crippen molar-refractivity contribution in [1.82, 2.24) is 10.3 Å². The highest BCUT2D eigenvalue weighted by atomic mass is 16.6. The largest absolute Gasteiger partial charge is 0.493 e. The lowest BCUT2D eigenvalue weighted by Gasteiger charge is -2.30. The zero-order valence-electron chi connectivity index (χ0n) is 22.9. The Balaban J connectivity index is 1.93. The molecule has 214 valence electrons. The number of pyridine rings is 1. The molecule has 1 aliphatic rings. The summed E-state index contributed by atoms with van der Waals surface area (Å²) in [5.74, 6) is -5.60. The van der Waals surface area contributed by atoms with E-state index < -0.39 is 66.5 Å². The van der Waals surface area contributed by atoms with E-state index in [-0.39, 0.29) is 23.6 Å². The van der Waals surface area contributed by atoms with Gasteiger partial charge in [-0.1, -0.05) is 44.2 Å². The standard InChI is InChI=1S/C28H32N2O10/c1-15(2)27(34)40-24-16(3)37-22(32)14-21(39-28(35)19(24)13-18-9-7-6-8-10-18)30-26(33)23-25(38-17(4)31)20(36-5)11-12-29-23/h6-12,15-16,19,21,24H,13-14H2,1-5H3,(H,30,33). The van der Waals surface area contributed by atoms with Crippen molar-refractivity contribution in [1.29, 1.82) is 0 Å². The van der Waals surface area contributed by atoms with Crippen molar-refractivity contribution in [2.45, 2.75) is 59.0 Å². The van der Waals surface area contributed by atoms with E-state index in [0.29, 0.717) is 0 Å². The molecule has 0 saturated carbocycles. The van der Waals surface area contributed by atoms with Crippen LogP contribution < -0.4 is 14.8 Å². The van der Waals surface area contributed by atoms with Crippen LogP contribution >= 0.6 is 0 Å². The first kappa shape index (κ1) is 30.1. The number of benzene rings is 1. The third-order valence-electron chi connectivity index (χ3n) is 5.95. The van der Waals surface area contributed by atoms with Crippen LogP contribution in [-0.4, -0.2) is 60.3 Å². The van der Waals surface area contributed by atoms with Crippen molar-refractivity contribution in [2.75, 3.05) is 7.11 Å². The molecule has 1 aromatic carbocycles. The summed E-state index contributed by atoms with van der Waals surface area (Å²) in [6, 6.07) is 10.4. The van der Waals surface area contributed by atoms with Crippen molar-refractivity contribution < 1.29 is 47.7 Å².